The highest BCUT2D eigenvalue weighted by molar-refractivity contribution is 7.16. The molecule has 0 bridgehead atoms. The zero-order valence-corrected chi connectivity index (χ0v) is 15.1. The minimum absolute atomic E-state index is 0.101. The molecule has 6 heteroatoms. The molecular weight excluding hydrogens is 359 g/mol. The van der Waals surface area contributed by atoms with Crippen LogP contribution < -0.4 is 5.32 Å². The summed E-state index contributed by atoms with van der Waals surface area (Å²) in [7, 11) is 0. The summed E-state index contributed by atoms with van der Waals surface area (Å²) in [5.74, 6) is 0. The Hall–Kier alpha value is -0.290. The molecule has 3 rings (SSSR count). The fourth-order valence-corrected chi connectivity index (χ4v) is 4.49. The average Bonchev–Trinajstić information content (AvgIpc) is 2.75. The summed E-state index contributed by atoms with van der Waals surface area (Å²) in [6, 6.07) is 9.99. The van der Waals surface area contributed by atoms with Gasteiger partial charge in [-0.05, 0) is 36.7 Å². The van der Waals surface area contributed by atoms with Crippen molar-refractivity contribution in [3.8, 4) is 0 Å². The first-order chi connectivity index (χ1) is 10.7. The Labute approximate surface area is 150 Å². The maximum Gasteiger partial charge on any atom is 0.0931 e. The molecule has 0 aliphatic carbocycles. The summed E-state index contributed by atoms with van der Waals surface area (Å²) < 4.78 is 0.797. The zero-order chi connectivity index (χ0) is 15.5. The van der Waals surface area contributed by atoms with Gasteiger partial charge in [0, 0.05) is 24.5 Å². The highest BCUT2D eigenvalue weighted by atomic mass is 35.5. The van der Waals surface area contributed by atoms with E-state index < -0.39 is 0 Å². The van der Waals surface area contributed by atoms with E-state index in [0.29, 0.717) is 10.0 Å². The van der Waals surface area contributed by atoms with Crippen LogP contribution in [0, 0.1) is 0 Å². The van der Waals surface area contributed by atoms with E-state index in [1.165, 1.54) is 4.88 Å². The topological polar surface area (TPSA) is 15.3 Å². The van der Waals surface area contributed by atoms with E-state index in [1.807, 2.05) is 18.2 Å². The van der Waals surface area contributed by atoms with Gasteiger partial charge in [-0.15, -0.1) is 11.3 Å². The molecule has 1 N–H and O–H groups in total. The molecule has 0 saturated carbocycles. The van der Waals surface area contributed by atoms with Gasteiger partial charge in [0.25, 0.3) is 0 Å². The van der Waals surface area contributed by atoms with Crippen LogP contribution in [0.2, 0.25) is 14.4 Å². The summed E-state index contributed by atoms with van der Waals surface area (Å²) in [5.41, 5.74) is 1.05. The molecule has 2 aromatic rings. The van der Waals surface area contributed by atoms with Crippen molar-refractivity contribution in [1.82, 2.24) is 10.2 Å². The number of thiophene rings is 1. The molecule has 1 saturated heterocycles. The smallest absolute Gasteiger partial charge is 0.0931 e. The van der Waals surface area contributed by atoms with Crippen LogP contribution in [0.25, 0.3) is 0 Å². The molecule has 2 heterocycles. The summed E-state index contributed by atoms with van der Waals surface area (Å²) >= 11 is 20.5. The van der Waals surface area contributed by atoms with E-state index in [0.717, 1.165) is 42.5 Å². The lowest BCUT2D eigenvalue weighted by molar-refractivity contribution is 0.244. The Kier molecular flexibility index (Phi) is 5.66. The maximum absolute atomic E-state index is 6.50. The summed E-state index contributed by atoms with van der Waals surface area (Å²) in [4.78, 5) is 3.66. The van der Waals surface area contributed by atoms with Crippen molar-refractivity contribution in [1.29, 1.82) is 0 Å². The van der Waals surface area contributed by atoms with E-state index in [9.17, 15) is 0 Å². The van der Waals surface area contributed by atoms with Crippen LogP contribution >= 0.6 is 46.1 Å². The van der Waals surface area contributed by atoms with Gasteiger partial charge >= 0.3 is 0 Å². The van der Waals surface area contributed by atoms with Crippen LogP contribution in [0.3, 0.4) is 0 Å². The second-order valence-corrected chi connectivity index (χ2v) is 7.86. The molecule has 1 aliphatic heterocycles. The van der Waals surface area contributed by atoms with E-state index in [2.05, 4.69) is 22.3 Å². The lowest BCUT2D eigenvalue weighted by Gasteiger charge is -2.31. The Morgan fingerprint density at radius 1 is 1.05 bits per heavy atom. The van der Waals surface area contributed by atoms with Crippen LogP contribution in [-0.2, 0) is 0 Å². The zero-order valence-electron chi connectivity index (χ0n) is 12.0. The van der Waals surface area contributed by atoms with E-state index in [-0.39, 0.29) is 6.04 Å². The number of hydrogen-bond acceptors (Lipinski definition) is 3. The van der Waals surface area contributed by atoms with Crippen molar-refractivity contribution >= 4 is 46.1 Å². The van der Waals surface area contributed by atoms with Gasteiger partial charge in [0.2, 0.25) is 0 Å². The van der Waals surface area contributed by atoms with Gasteiger partial charge in [-0.25, -0.2) is 0 Å². The second kappa shape index (κ2) is 7.52. The number of benzene rings is 1. The van der Waals surface area contributed by atoms with Crippen molar-refractivity contribution in [2.24, 2.45) is 0 Å². The predicted molar refractivity (Wildman–Crippen MR) is 96.7 cm³/mol. The standard InChI is InChI=1S/C16H17Cl3N2S/c17-12-4-1-3-11(15(12)19)16(13-5-6-14(18)22-13)21-9-2-7-20-8-10-21/h1,3-6,16,20H,2,7-10H2. The van der Waals surface area contributed by atoms with Gasteiger partial charge in [-0.1, -0.05) is 46.9 Å². The fourth-order valence-electron chi connectivity index (χ4n) is 2.86. The largest absolute Gasteiger partial charge is 0.315 e. The van der Waals surface area contributed by atoms with Gasteiger partial charge in [0.1, 0.15) is 0 Å². The molecule has 1 atom stereocenters. The Morgan fingerprint density at radius 2 is 1.91 bits per heavy atom. The molecule has 0 spiro atoms. The van der Waals surface area contributed by atoms with Crippen LogP contribution in [0.1, 0.15) is 22.9 Å². The Bertz CT molecular complexity index is 636. The summed E-state index contributed by atoms with van der Waals surface area (Å²) in [6.45, 7) is 4.03. The first-order valence-corrected chi connectivity index (χ1v) is 9.26. The number of halogens is 3. The summed E-state index contributed by atoms with van der Waals surface area (Å²) in [5, 5.41) is 4.67. The highest BCUT2D eigenvalue weighted by Crippen LogP contribution is 2.40. The molecular formula is C16H17Cl3N2S. The first-order valence-electron chi connectivity index (χ1n) is 7.31. The normalized spacial score (nSPS) is 18.1. The van der Waals surface area contributed by atoms with Crippen LogP contribution in [0.5, 0.6) is 0 Å². The van der Waals surface area contributed by atoms with Crippen LogP contribution in [-0.4, -0.2) is 31.1 Å². The van der Waals surface area contributed by atoms with E-state index in [4.69, 9.17) is 34.8 Å². The van der Waals surface area contributed by atoms with Gasteiger partial charge in [-0.2, -0.15) is 0 Å². The van der Waals surface area contributed by atoms with Crippen molar-refractivity contribution in [3.63, 3.8) is 0 Å². The predicted octanol–water partition coefficient (Wildman–Crippen LogP) is 5.09. The van der Waals surface area contributed by atoms with Crippen LogP contribution in [0.4, 0.5) is 0 Å². The monoisotopic (exact) mass is 374 g/mol. The molecule has 0 radical (unpaired) electrons. The maximum atomic E-state index is 6.50. The molecule has 118 valence electrons. The lowest BCUT2D eigenvalue weighted by atomic mass is 10.0. The SMILES string of the molecule is Clc1ccc(C(c2cccc(Cl)c2Cl)N2CCCNCC2)s1. The molecule has 1 fully saturated rings. The van der Waals surface area contributed by atoms with Gasteiger partial charge < -0.3 is 5.32 Å². The van der Waals surface area contributed by atoms with Gasteiger partial charge in [0.05, 0.1) is 20.4 Å². The minimum atomic E-state index is 0.101. The third-order valence-corrected chi connectivity index (χ3v) is 6.00. The average molecular weight is 376 g/mol. The summed E-state index contributed by atoms with van der Waals surface area (Å²) in [6.07, 6.45) is 1.12. The number of hydrogen-bond donors (Lipinski definition) is 1. The Morgan fingerprint density at radius 3 is 2.68 bits per heavy atom. The Balaban J connectivity index is 2.03. The van der Waals surface area contributed by atoms with Crippen molar-refractivity contribution in [2.45, 2.75) is 12.5 Å². The van der Waals surface area contributed by atoms with Gasteiger partial charge in [-0.3, -0.25) is 4.90 Å². The number of rotatable bonds is 3. The second-order valence-electron chi connectivity index (χ2n) is 5.33. The molecule has 22 heavy (non-hydrogen) atoms. The molecule has 1 unspecified atom stereocenters. The number of nitrogens with zero attached hydrogens (tertiary/aromatic N) is 1. The highest BCUT2D eigenvalue weighted by Gasteiger charge is 2.27. The third-order valence-electron chi connectivity index (χ3n) is 3.88. The van der Waals surface area contributed by atoms with Crippen molar-refractivity contribution < 1.29 is 0 Å². The van der Waals surface area contributed by atoms with Crippen molar-refractivity contribution in [3.05, 3.63) is 55.2 Å². The third kappa shape index (κ3) is 3.61. The fraction of sp³-hybridized carbons (Fsp3) is 0.375. The lowest BCUT2D eigenvalue weighted by Crippen LogP contribution is -2.32. The molecule has 1 aromatic carbocycles. The molecule has 1 aromatic heterocycles. The van der Waals surface area contributed by atoms with E-state index in [1.54, 1.807) is 11.3 Å². The van der Waals surface area contributed by atoms with E-state index >= 15 is 0 Å². The number of nitrogens with one attached hydrogen (secondary N) is 1. The quantitative estimate of drug-likeness (QED) is 0.803. The molecule has 2 nitrogen and oxygen atoms in total. The first kappa shape index (κ1) is 16.6. The van der Waals surface area contributed by atoms with Crippen LogP contribution in [0.15, 0.2) is 30.3 Å². The molecule has 1 aliphatic rings. The molecule has 0 amide bonds. The van der Waals surface area contributed by atoms with Crippen molar-refractivity contribution in [2.75, 3.05) is 26.2 Å². The van der Waals surface area contributed by atoms with Gasteiger partial charge in [0.15, 0.2) is 0 Å². The minimum Gasteiger partial charge on any atom is -0.315 e.